The van der Waals surface area contributed by atoms with Gasteiger partial charge in [-0.05, 0) is 35.7 Å². The molecule has 3 rings (SSSR count). The molecule has 1 aliphatic rings. The van der Waals surface area contributed by atoms with E-state index in [1.807, 2.05) is 18.2 Å². The van der Waals surface area contributed by atoms with Gasteiger partial charge in [0.2, 0.25) is 11.2 Å². The number of nitrogens with one attached hydrogen (secondary N) is 2. The maximum Gasteiger partial charge on any atom is 0.253 e. The summed E-state index contributed by atoms with van der Waals surface area (Å²) in [6.45, 7) is 4.69. The first-order chi connectivity index (χ1) is 12.4. The van der Waals surface area contributed by atoms with E-state index in [2.05, 4.69) is 23.9 Å². The Morgan fingerprint density at radius 3 is 2.77 bits per heavy atom. The zero-order valence-electron chi connectivity index (χ0n) is 14.5. The predicted octanol–water partition coefficient (Wildman–Crippen LogP) is 2.78. The number of aromatic hydroxyl groups is 1. The van der Waals surface area contributed by atoms with Gasteiger partial charge < -0.3 is 10.4 Å². The van der Waals surface area contributed by atoms with Gasteiger partial charge in [0.1, 0.15) is 18.0 Å². The van der Waals surface area contributed by atoms with Gasteiger partial charge in [-0.25, -0.2) is 8.60 Å². The van der Waals surface area contributed by atoms with Crippen molar-refractivity contribution in [3.05, 3.63) is 42.2 Å². The molecule has 2 aromatic rings. The third-order valence-corrected chi connectivity index (χ3v) is 5.04. The van der Waals surface area contributed by atoms with Gasteiger partial charge in [-0.15, -0.1) is 0 Å². The maximum atomic E-state index is 15.1. The average Bonchev–Trinajstić information content (AvgIpc) is 2.91. The molecule has 1 atom stereocenters. The highest BCUT2D eigenvalue weighted by atomic mass is 32.2. The van der Waals surface area contributed by atoms with E-state index in [1.165, 1.54) is 12.1 Å². The number of phenolic OH excluding ortho intramolecular Hbond substituents is 1. The normalized spacial score (nSPS) is 16.8. The molecule has 2 aromatic carbocycles. The lowest BCUT2D eigenvalue weighted by Gasteiger charge is -2.18. The van der Waals surface area contributed by atoms with E-state index >= 15 is 4.39 Å². The Hall–Kier alpha value is -2.61. The number of nitrogens with zero attached hydrogens (tertiary/aromatic N) is 1. The maximum absolute atomic E-state index is 15.1. The van der Waals surface area contributed by atoms with Gasteiger partial charge in [0.15, 0.2) is 5.82 Å². The van der Waals surface area contributed by atoms with Crippen molar-refractivity contribution in [1.82, 2.24) is 4.72 Å². The van der Waals surface area contributed by atoms with Crippen LogP contribution in [0, 0.1) is 11.7 Å². The number of benzene rings is 2. The summed E-state index contributed by atoms with van der Waals surface area (Å²) < 4.78 is 30.3. The molecule has 138 valence electrons. The van der Waals surface area contributed by atoms with E-state index in [4.69, 9.17) is 0 Å². The SMILES string of the molecule is CC(C)CNc1cccc(-c2ccc(O)c(N3CC(=O)NS3=O)c2F)c1. The first-order valence-electron chi connectivity index (χ1n) is 8.21. The zero-order valence-corrected chi connectivity index (χ0v) is 15.3. The highest BCUT2D eigenvalue weighted by Crippen LogP contribution is 2.38. The molecule has 0 saturated carbocycles. The molecule has 1 saturated heterocycles. The van der Waals surface area contributed by atoms with Crippen molar-refractivity contribution >= 4 is 28.5 Å². The minimum atomic E-state index is -1.92. The minimum Gasteiger partial charge on any atom is -0.506 e. The van der Waals surface area contributed by atoms with Crippen molar-refractivity contribution in [2.24, 2.45) is 5.92 Å². The second kappa shape index (κ2) is 7.33. The fraction of sp³-hybridized carbons (Fsp3) is 0.278. The number of anilines is 2. The number of carbonyl (C=O) groups excluding carboxylic acids is 1. The molecule has 3 N–H and O–H groups in total. The number of carbonyl (C=O) groups is 1. The third kappa shape index (κ3) is 3.65. The molecule has 1 unspecified atom stereocenters. The quantitative estimate of drug-likeness (QED) is 0.748. The van der Waals surface area contributed by atoms with Crippen molar-refractivity contribution in [3.63, 3.8) is 0 Å². The van der Waals surface area contributed by atoms with E-state index in [0.29, 0.717) is 11.5 Å². The lowest BCUT2D eigenvalue weighted by atomic mass is 10.0. The van der Waals surface area contributed by atoms with Crippen LogP contribution in [0.25, 0.3) is 11.1 Å². The molecule has 0 bridgehead atoms. The molecule has 1 aliphatic heterocycles. The summed E-state index contributed by atoms with van der Waals surface area (Å²) in [5, 5.41) is 13.3. The monoisotopic (exact) mass is 377 g/mol. The summed E-state index contributed by atoms with van der Waals surface area (Å²) in [4.78, 5) is 11.4. The van der Waals surface area contributed by atoms with E-state index in [9.17, 15) is 14.1 Å². The van der Waals surface area contributed by atoms with Gasteiger partial charge in [0.05, 0.1) is 0 Å². The smallest absolute Gasteiger partial charge is 0.253 e. The van der Waals surface area contributed by atoms with Crippen LogP contribution in [0.1, 0.15) is 13.8 Å². The first-order valence-corrected chi connectivity index (χ1v) is 9.32. The molecule has 26 heavy (non-hydrogen) atoms. The Balaban J connectivity index is 1.99. The number of hydrogen-bond acceptors (Lipinski definition) is 4. The van der Waals surface area contributed by atoms with Crippen LogP contribution in [-0.2, 0) is 16.0 Å². The Labute approximate surface area is 153 Å². The third-order valence-electron chi connectivity index (χ3n) is 3.92. The van der Waals surface area contributed by atoms with E-state index in [0.717, 1.165) is 16.5 Å². The lowest BCUT2D eigenvalue weighted by Crippen LogP contribution is -2.23. The number of phenols is 1. The number of rotatable bonds is 5. The molecular weight excluding hydrogens is 357 g/mol. The van der Waals surface area contributed by atoms with Crippen LogP contribution in [0.2, 0.25) is 0 Å². The van der Waals surface area contributed by atoms with E-state index in [-0.39, 0.29) is 23.5 Å². The number of halogens is 1. The molecule has 1 heterocycles. The van der Waals surface area contributed by atoms with Crippen LogP contribution in [0.3, 0.4) is 0 Å². The Morgan fingerprint density at radius 1 is 1.35 bits per heavy atom. The highest BCUT2D eigenvalue weighted by Gasteiger charge is 2.32. The van der Waals surface area contributed by atoms with Crippen LogP contribution in [-0.4, -0.2) is 28.3 Å². The van der Waals surface area contributed by atoms with Gasteiger partial charge in [0, 0.05) is 17.8 Å². The van der Waals surface area contributed by atoms with Crippen LogP contribution in [0.15, 0.2) is 36.4 Å². The van der Waals surface area contributed by atoms with Crippen LogP contribution < -0.4 is 14.3 Å². The van der Waals surface area contributed by atoms with Crippen LogP contribution in [0.4, 0.5) is 15.8 Å². The van der Waals surface area contributed by atoms with E-state index < -0.39 is 22.9 Å². The van der Waals surface area contributed by atoms with Crippen LogP contribution in [0.5, 0.6) is 5.75 Å². The average molecular weight is 377 g/mol. The Morgan fingerprint density at radius 2 is 2.12 bits per heavy atom. The molecular formula is C18H20FN3O3S. The Bertz CT molecular complexity index is 873. The lowest BCUT2D eigenvalue weighted by molar-refractivity contribution is -0.117. The first kappa shape index (κ1) is 18.2. The van der Waals surface area contributed by atoms with Gasteiger partial charge in [-0.3, -0.25) is 13.8 Å². The Kier molecular flexibility index (Phi) is 5.13. The summed E-state index contributed by atoms with van der Waals surface area (Å²) in [5.41, 5.74) is 1.47. The fourth-order valence-corrected chi connectivity index (χ4v) is 3.61. The topological polar surface area (TPSA) is 81.7 Å². The van der Waals surface area contributed by atoms with Crippen molar-refractivity contribution in [2.45, 2.75) is 13.8 Å². The second-order valence-electron chi connectivity index (χ2n) is 6.46. The van der Waals surface area contributed by atoms with Crippen LogP contribution >= 0.6 is 0 Å². The van der Waals surface area contributed by atoms with Crippen molar-refractivity contribution in [2.75, 3.05) is 22.7 Å². The number of hydrogen-bond donors (Lipinski definition) is 3. The molecule has 1 fully saturated rings. The van der Waals surface area contributed by atoms with Gasteiger partial charge >= 0.3 is 0 Å². The molecule has 0 aliphatic carbocycles. The van der Waals surface area contributed by atoms with Gasteiger partial charge in [0.25, 0.3) is 5.91 Å². The van der Waals surface area contributed by atoms with Gasteiger partial charge in [-0.1, -0.05) is 26.0 Å². The minimum absolute atomic E-state index is 0.250. The zero-order chi connectivity index (χ0) is 18.8. The molecule has 8 heteroatoms. The largest absolute Gasteiger partial charge is 0.506 e. The second-order valence-corrected chi connectivity index (χ2v) is 7.60. The molecule has 0 radical (unpaired) electrons. The predicted molar refractivity (Wildman–Crippen MR) is 100 cm³/mol. The molecule has 1 amide bonds. The van der Waals surface area contributed by atoms with E-state index in [1.54, 1.807) is 6.07 Å². The summed E-state index contributed by atoms with van der Waals surface area (Å²) >= 11 is -1.92. The van der Waals surface area contributed by atoms with Gasteiger partial charge in [-0.2, -0.15) is 0 Å². The molecule has 0 spiro atoms. The van der Waals surface area contributed by atoms with Crippen molar-refractivity contribution in [1.29, 1.82) is 0 Å². The number of amides is 1. The molecule has 6 nitrogen and oxygen atoms in total. The van der Waals surface area contributed by atoms with Crippen molar-refractivity contribution in [3.8, 4) is 16.9 Å². The summed E-state index contributed by atoms with van der Waals surface area (Å²) in [6, 6.07) is 10.1. The summed E-state index contributed by atoms with van der Waals surface area (Å²) in [5.74, 6) is -1.13. The molecule has 0 aromatic heterocycles. The van der Waals surface area contributed by atoms with Crippen molar-refractivity contribution < 1.29 is 18.5 Å². The summed E-state index contributed by atoms with van der Waals surface area (Å²) in [6.07, 6.45) is 0. The fourth-order valence-electron chi connectivity index (χ4n) is 2.67. The summed E-state index contributed by atoms with van der Waals surface area (Å²) in [7, 11) is 0. The standard InChI is InChI=1S/C18H20FN3O3S/c1-11(2)9-20-13-5-3-4-12(8-13)14-6-7-15(23)18(17(14)19)22-10-16(24)21-26(22)25/h3-8,11,20,23H,9-10H2,1-2H3,(H,21,24). The highest BCUT2D eigenvalue weighted by molar-refractivity contribution is 7.85.